The van der Waals surface area contributed by atoms with Gasteiger partial charge in [-0.1, -0.05) is 18.2 Å². The van der Waals surface area contributed by atoms with Gasteiger partial charge in [-0.3, -0.25) is 9.59 Å². The van der Waals surface area contributed by atoms with Crippen molar-refractivity contribution in [2.24, 2.45) is 11.3 Å². The average molecular weight is 298 g/mol. The van der Waals surface area contributed by atoms with Crippen molar-refractivity contribution >= 4 is 17.5 Å². The van der Waals surface area contributed by atoms with Gasteiger partial charge in [-0.25, -0.2) is 0 Å². The van der Waals surface area contributed by atoms with Crippen LogP contribution in [-0.2, 0) is 9.59 Å². The number of carbonyl (C=O) groups is 2. The lowest BCUT2D eigenvalue weighted by atomic mass is 9.78. The van der Waals surface area contributed by atoms with Crippen LogP contribution in [-0.4, -0.2) is 36.3 Å². The number of benzene rings is 1. The van der Waals surface area contributed by atoms with Crippen LogP contribution in [0, 0.1) is 11.3 Å². The molecule has 0 aromatic heterocycles. The molecule has 4 nitrogen and oxygen atoms in total. The number of anilines is 1. The van der Waals surface area contributed by atoms with Crippen LogP contribution in [0.4, 0.5) is 5.69 Å². The largest absolute Gasteiger partial charge is 0.341 e. The summed E-state index contributed by atoms with van der Waals surface area (Å²) in [7, 11) is 0. The predicted molar refractivity (Wildman–Crippen MR) is 84.4 cm³/mol. The number of carbonyl (C=O) groups excluding carboxylic acids is 2. The number of likely N-dealkylation sites (tertiary alicyclic amines) is 1. The van der Waals surface area contributed by atoms with Crippen molar-refractivity contribution in [2.75, 3.05) is 24.5 Å². The van der Waals surface area contributed by atoms with Crippen molar-refractivity contribution in [3.8, 4) is 0 Å². The molecule has 1 aromatic rings. The predicted octanol–water partition coefficient (Wildman–Crippen LogP) is 2.44. The van der Waals surface area contributed by atoms with Crippen LogP contribution >= 0.6 is 0 Å². The molecule has 116 valence electrons. The Morgan fingerprint density at radius 3 is 2.59 bits per heavy atom. The Balaban J connectivity index is 1.54. The molecule has 1 atom stereocenters. The SMILES string of the molecule is O=C(C1CC1)N1CCCC2(CCN(c3ccccc3)C2=O)C1. The van der Waals surface area contributed by atoms with Gasteiger partial charge in [0.05, 0.1) is 5.41 Å². The van der Waals surface area contributed by atoms with Crippen molar-refractivity contribution in [2.45, 2.75) is 32.1 Å². The molecule has 2 amide bonds. The molecule has 22 heavy (non-hydrogen) atoms. The van der Waals surface area contributed by atoms with Crippen molar-refractivity contribution in [3.05, 3.63) is 30.3 Å². The zero-order chi connectivity index (χ0) is 15.2. The Bertz CT molecular complexity index is 596. The summed E-state index contributed by atoms with van der Waals surface area (Å²) in [6, 6.07) is 9.89. The normalized spacial score (nSPS) is 28.5. The molecule has 2 saturated heterocycles. The van der Waals surface area contributed by atoms with Crippen molar-refractivity contribution in [1.82, 2.24) is 4.90 Å². The van der Waals surface area contributed by atoms with Gasteiger partial charge in [-0.2, -0.15) is 0 Å². The van der Waals surface area contributed by atoms with E-state index in [1.54, 1.807) is 0 Å². The van der Waals surface area contributed by atoms with Crippen LogP contribution in [0.15, 0.2) is 30.3 Å². The van der Waals surface area contributed by atoms with Gasteiger partial charge in [0.15, 0.2) is 0 Å². The molecule has 2 heterocycles. The lowest BCUT2D eigenvalue weighted by Gasteiger charge is -2.39. The highest BCUT2D eigenvalue weighted by Crippen LogP contribution is 2.43. The standard InChI is InChI=1S/C18H22N2O2/c21-16(14-7-8-14)19-11-4-9-18(13-19)10-12-20(17(18)22)15-5-2-1-3-6-15/h1-3,5-6,14H,4,7-13H2. The third-order valence-electron chi connectivity index (χ3n) is 5.40. The molecule has 1 spiro atoms. The molecule has 4 heteroatoms. The topological polar surface area (TPSA) is 40.6 Å². The van der Waals surface area contributed by atoms with Crippen LogP contribution in [0.1, 0.15) is 32.1 Å². The molecule has 2 aliphatic heterocycles. The minimum absolute atomic E-state index is 0.215. The second kappa shape index (κ2) is 5.11. The minimum Gasteiger partial charge on any atom is -0.341 e. The van der Waals surface area contributed by atoms with E-state index in [1.165, 1.54) is 0 Å². The summed E-state index contributed by atoms with van der Waals surface area (Å²) in [5.74, 6) is 0.744. The second-order valence-electron chi connectivity index (χ2n) is 6.96. The van der Waals surface area contributed by atoms with E-state index in [0.717, 1.165) is 50.9 Å². The molecule has 0 bridgehead atoms. The van der Waals surface area contributed by atoms with E-state index in [9.17, 15) is 9.59 Å². The highest BCUT2D eigenvalue weighted by Gasteiger charge is 2.50. The van der Waals surface area contributed by atoms with Gasteiger partial charge in [0.1, 0.15) is 0 Å². The van der Waals surface area contributed by atoms with Gasteiger partial charge in [-0.15, -0.1) is 0 Å². The molecule has 3 aliphatic rings. The maximum absolute atomic E-state index is 13.0. The summed E-state index contributed by atoms with van der Waals surface area (Å²) in [5, 5.41) is 0. The first-order chi connectivity index (χ1) is 10.7. The maximum atomic E-state index is 13.0. The van der Waals surface area contributed by atoms with Crippen molar-refractivity contribution in [1.29, 1.82) is 0 Å². The number of nitrogens with zero attached hydrogens (tertiary/aromatic N) is 2. The van der Waals surface area contributed by atoms with E-state index in [0.29, 0.717) is 6.54 Å². The lowest BCUT2D eigenvalue weighted by Crippen LogP contribution is -2.50. The fourth-order valence-electron chi connectivity index (χ4n) is 3.96. The number of piperidine rings is 1. The molecule has 1 unspecified atom stereocenters. The minimum atomic E-state index is -0.335. The third kappa shape index (κ3) is 2.21. The number of hydrogen-bond acceptors (Lipinski definition) is 2. The van der Waals surface area contributed by atoms with E-state index in [4.69, 9.17) is 0 Å². The number of para-hydroxylation sites is 1. The number of amides is 2. The average Bonchev–Trinajstić information content (AvgIpc) is 3.36. The van der Waals surface area contributed by atoms with Crippen LogP contribution < -0.4 is 4.90 Å². The summed E-state index contributed by atoms with van der Waals surface area (Å²) in [4.78, 5) is 29.3. The Labute approximate surface area is 131 Å². The first-order valence-electron chi connectivity index (χ1n) is 8.35. The Hall–Kier alpha value is -1.84. The van der Waals surface area contributed by atoms with Gasteiger partial charge < -0.3 is 9.80 Å². The van der Waals surface area contributed by atoms with Crippen LogP contribution in [0.5, 0.6) is 0 Å². The van der Waals surface area contributed by atoms with E-state index in [-0.39, 0.29) is 23.1 Å². The summed E-state index contributed by atoms with van der Waals surface area (Å²) < 4.78 is 0. The molecule has 3 fully saturated rings. The first kappa shape index (κ1) is 13.8. The van der Waals surface area contributed by atoms with Gasteiger partial charge in [0.2, 0.25) is 11.8 Å². The molecule has 4 rings (SSSR count). The van der Waals surface area contributed by atoms with E-state index in [1.807, 2.05) is 40.1 Å². The fourth-order valence-corrected chi connectivity index (χ4v) is 3.96. The second-order valence-corrected chi connectivity index (χ2v) is 6.96. The number of hydrogen-bond donors (Lipinski definition) is 0. The Morgan fingerprint density at radius 1 is 1.09 bits per heavy atom. The fraction of sp³-hybridized carbons (Fsp3) is 0.556. The molecule has 1 aliphatic carbocycles. The zero-order valence-electron chi connectivity index (χ0n) is 12.8. The molecular weight excluding hydrogens is 276 g/mol. The van der Waals surface area contributed by atoms with Gasteiger partial charge in [-0.05, 0) is 44.2 Å². The highest BCUT2D eigenvalue weighted by atomic mass is 16.2. The first-order valence-corrected chi connectivity index (χ1v) is 8.35. The summed E-state index contributed by atoms with van der Waals surface area (Å²) in [6.45, 7) is 2.23. The number of rotatable bonds is 2. The van der Waals surface area contributed by atoms with E-state index >= 15 is 0 Å². The summed E-state index contributed by atoms with van der Waals surface area (Å²) in [5.41, 5.74) is 0.647. The van der Waals surface area contributed by atoms with Crippen LogP contribution in [0.25, 0.3) is 0 Å². The van der Waals surface area contributed by atoms with Crippen LogP contribution in [0.3, 0.4) is 0 Å². The van der Waals surface area contributed by atoms with E-state index < -0.39 is 0 Å². The molecular formula is C18H22N2O2. The van der Waals surface area contributed by atoms with Crippen molar-refractivity contribution < 1.29 is 9.59 Å². The zero-order valence-corrected chi connectivity index (χ0v) is 12.8. The third-order valence-corrected chi connectivity index (χ3v) is 5.40. The van der Waals surface area contributed by atoms with E-state index in [2.05, 4.69) is 0 Å². The smallest absolute Gasteiger partial charge is 0.235 e. The van der Waals surface area contributed by atoms with Gasteiger partial charge >= 0.3 is 0 Å². The van der Waals surface area contributed by atoms with Gasteiger partial charge in [0, 0.05) is 31.2 Å². The van der Waals surface area contributed by atoms with Crippen LogP contribution in [0.2, 0.25) is 0 Å². The Morgan fingerprint density at radius 2 is 1.86 bits per heavy atom. The Kier molecular flexibility index (Phi) is 3.21. The highest BCUT2D eigenvalue weighted by molar-refractivity contribution is 6.00. The quantitative estimate of drug-likeness (QED) is 0.841. The molecule has 1 aromatic carbocycles. The lowest BCUT2D eigenvalue weighted by molar-refractivity contribution is -0.139. The van der Waals surface area contributed by atoms with Crippen molar-refractivity contribution in [3.63, 3.8) is 0 Å². The van der Waals surface area contributed by atoms with Gasteiger partial charge in [0.25, 0.3) is 0 Å². The monoisotopic (exact) mass is 298 g/mol. The molecule has 1 saturated carbocycles. The maximum Gasteiger partial charge on any atom is 0.235 e. The molecule has 0 N–H and O–H groups in total. The summed E-state index contributed by atoms with van der Waals surface area (Å²) in [6.07, 6.45) is 4.81. The summed E-state index contributed by atoms with van der Waals surface area (Å²) >= 11 is 0. The molecule has 0 radical (unpaired) electrons.